The molecule has 1 aromatic carbocycles. The number of rotatable bonds is 5. The van der Waals surface area contributed by atoms with Crippen LogP contribution in [0, 0.1) is 0 Å². The molecule has 0 radical (unpaired) electrons. The molecule has 106 valence electrons. The predicted molar refractivity (Wildman–Crippen MR) is 73.1 cm³/mol. The molecule has 1 heterocycles. The molecule has 2 aromatic rings. The number of carbonyl (C=O) groups excluding carboxylic acids is 1. The van der Waals surface area contributed by atoms with Crippen LogP contribution in [0.4, 0.5) is 0 Å². The van der Waals surface area contributed by atoms with Gasteiger partial charge in [0.2, 0.25) is 5.89 Å². The van der Waals surface area contributed by atoms with Crippen LogP contribution in [-0.2, 0) is 6.54 Å². The van der Waals surface area contributed by atoms with E-state index in [0.29, 0.717) is 11.6 Å². The number of hydrogen-bond donors (Lipinski definition) is 3. The minimum absolute atomic E-state index is 0.117. The number of nitrogens with one attached hydrogen (secondary N) is 1. The van der Waals surface area contributed by atoms with E-state index in [1.165, 1.54) is 6.26 Å². The third-order valence-corrected chi connectivity index (χ3v) is 2.85. The normalized spacial score (nSPS) is 12.2. The smallest absolute Gasteiger partial charge is 0.273 e. The number of nitrogens with zero attached hydrogens (tertiary/aromatic N) is 1. The molecule has 0 aliphatic rings. The van der Waals surface area contributed by atoms with Gasteiger partial charge < -0.3 is 20.6 Å². The molecule has 4 N–H and O–H groups in total. The van der Waals surface area contributed by atoms with Crippen molar-refractivity contribution in [3.8, 4) is 0 Å². The highest BCUT2D eigenvalue weighted by Crippen LogP contribution is 2.11. The van der Waals surface area contributed by atoms with Crippen LogP contribution < -0.4 is 11.1 Å². The minimum Gasteiger partial charge on any atom is -0.446 e. The summed E-state index contributed by atoms with van der Waals surface area (Å²) in [4.78, 5) is 15.8. The number of halogens is 1. The highest BCUT2D eigenvalue weighted by atomic mass is 35.5. The molecule has 1 amide bonds. The Morgan fingerprint density at radius 2 is 2.35 bits per heavy atom. The zero-order valence-corrected chi connectivity index (χ0v) is 11.3. The third-order valence-electron chi connectivity index (χ3n) is 2.61. The Balaban J connectivity index is 1.96. The first-order valence-electron chi connectivity index (χ1n) is 5.94. The van der Waals surface area contributed by atoms with Gasteiger partial charge in [0.15, 0.2) is 5.69 Å². The van der Waals surface area contributed by atoms with E-state index in [1.807, 2.05) is 6.07 Å². The van der Waals surface area contributed by atoms with Crippen molar-refractivity contribution in [1.29, 1.82) is 0 Å². The molecule has 0 aliphatic heterocycles. The lowest BCUT2D eigenvalue weighted by molar-refractivity contribution is 0.0946. The molecule has 7 heteroatoms. The van der Waals surface area contributed by atoms with Gasteiger partial charge in [-0.05, 0) is 17.7 Å². The molecule has 0 fully saturated rings. The first-order chi connectivity index (χ1) is 9.60. The number of aliphatic hydroxyl groups excluding tert-OH is 1. The molecule has 6 nitrogen and oxygen atoms in total. The van der Waals surface area contributed by atoms with Gasteiger partial charge >= 0.3 is 0 Å². The fourth-order valence-electron chi connectivity index (χ4n) is 1.56. The van der Waals surface area contributed by atoms with E-state index < -0.39 is 6.04 Å². The minimum atomic E-state index is -0.732. The average molecular weight is 296 g/mol. The molecule has 1 unspecified atom stereocenters. The second-order valence-electron chi connectivity index (χ2n) is 4.17. The first kappa shape index (κ1) is 14.5. The van der Waals surface area contributed by atoms with Gasteiger partial charge in [-0.15, -0.1) is 0 Å². The van der Waals surface area contributed by atoms with Gasteiger partial charge in [-0.1, -0.05) is 23.7 Å². The molecule has 0 aliphatic carbocycles. The lowest BCUT2D eigenvalue weighted by atomic mass is 10.2. The largest absolute Gasteiger partial charge is 0.446 e. The number of hydrogen-bond acceptors (Lipinski definition) is 5. The quantitative estimate of drug-likeness (QED) is 0.770. The third kappa shape index (κ3) is 3.57. The van der Waals surface area contributed by atoms with E-state index in [1.54, 1.807) is 18.2 Å². The van der Waals surface area contributed by atoms with E-state index in [4.69, 9.17) is 26.9 Å². The number of nitrogens with two attached hydrogens (primary N) is 1. The van der Waals surface area contributed by atoms with Crippen LogP contribution in [0.3, 0.4) is 0 Å². The van der Waals surface area contributed by atoms with Gasteiger partial charge in [-0.3, -0.25) is 4.79 Å². The summed E-state index contributed by atoms with van der Waals surface area (Å²) in [5.41, 5.74) is 6.53. The Morgan fingerprint density at radius 3 is 3.05 bits per heavy atom. The molecule has 2 rings (SSSR count). The van der Waals surface area contributed by atoms with Gasteiger partial charge in [0, 0.05) is 11.6 Å². The highest BCUT2D eigenvalue weighted by Gasteiger charge is 2.16. The van der Waals surface area contributed by atoms with Crippen LogP contribution in [0.1, 0.15) is 28.0 Å². The van der Waals surface area contributed by atoms with Gasteiger partial charge in [-0.2, -0.15) is 0 Å². The number of oxazole rings is 1. The Hall–Kier alpha value is -1.89. The van der Waals surface area contributed by atoms with E-state index >= 15 is 0 Å². The second-order valence-corrected chi connectivity index (χ2v) is 4.61. The van der Waals surface area contributed by atoms with Crippen LogP contribution in [0.25, 0.3) is 0 Å². The van der Waals surface area contributed by atoms with E-state index in [-0.39, 0.29) is 24.1 Å². The van der Waals surface area contributed by atoms with Crippen molar-refractivity contribution in [2.24, 2.45) is 5.73 Å². The zero-order valence-electron chi connectivity index (χ0n) is 10.5. The molecule has 0 bridgehead atoms. The highest BCUT2D eigenvalue weighted by molar-refractivity contribution is 6.30. The number of benzene rings is 1. The lowest BCUT2D eigenvalue weighted by Crippen LogP contribution is -2.23. The topological polar surface area (TPSA) is 101 Å². The molecule has 1 atom stereocenters. The summed E-state index contributed by atoms with van der Waals surface area (Å²) >= 11 is 5.85. The molecule has 20 heavy (non-hydrogen) atoms. The summed E-state index contributed by atoms with van der Waals surface area (Å²) in [7, 11) is 0. The van der Waals surface area contributed by atoms with Crippen LogP contribution >= 0.6 is 11.6 Å². The summed E-state index contributed by atoms with van der Waals surface area (Å²) < 4.78 is 5.03. The molecule has 0 saturated carbocycles. The SMILES string of the molecule is NC(CO)c1nc(C(=O)NCc2cccc(Cl)c2)co1. The van der Waals surface area contributed by atoms with Crippen molar-refractivity contribution in [2.75, 3.05) is 6.61 Å². The zero-order chi connectivity index (χ0) is 14.5. The monoisotopic (exact) mass is 295 g/mol. The van der Waals surface area contributed by atoms with Crippen LogP contribution in [-0.4, -0.2) is 22.6 Å². The number of aliphatic hydroxyl groups is 1. The van der Waals surface area contributed by atoms with Crippen molar-refractivity contribution in [3.05, 3.63) is 52.7 Å². The van der Waals surface area contributed by atoms with Gasteiger partial charge in [0.1, 0.15) is 12.3 Å². The number of carbonyl (C=O) groups is 1. The summed E-state index contributed by atoms with van der Waals surface area (Å²) in [5, 5.41) is 12.2. The Kier molecular flexibility index (Phi) is 4.73. The molecule has 0 saturated heterocycles. The summed E-state index contributed by atoms with van der Waals surface area (Å²) in [6, 6.07) is 6.44. The van der Waals surface area contributed by atoms with Crippen molar-refractivity contribution in [2.45, 2.75) is 12.6 Å². The number of amides is 1. The van der Waals surface area contributed by atoms with Gasteiger partial charge in [0.25, 0.3) is 5.91 Å². The summed E-state index contributed by atoms with van der Waals surface area (Å²) in [5.74, 6) is -0.259. The van der Waals surface area contributed by atoms with Crippen molar-refractivity contribution in [3.63, 3.8) is 0 Å². The van der Waals surface area contributed by atoms with Crippen LogP contribution in [0.5, 0.6) is 0 Å². The maximum atomic E-state index is 11.9. The lowest BCUT2D eigenvalue weighted by Gasteiger charge is -2.03. The second kappa shape index (κ2) is 6.51. The van der Waals surface area contributed by atoms with Crippen LogP contribution in [0.2, 0.25) is 5.02 Å². The standard InChI is InChI=1S/C13H14ClN3O3/c14-9-3-1-2-8(4-9)5-16-12(19)11-7-20-13(17-11)10(15)6-18/h1-4,7,10,18H,5-6,15H2,(H,16,19). The molecule has 1 aromatic heterocycles. The van der Waals surface area contributed by atoms with E-state index in [0.717, 1.165) is 5.56 Å². The van der Waals surface area contributed by atoms with Gasteiger partial charge in [-0.25, -0.2) is 4.98 Å². The summed E-state index contributed by atoms with van der Waals surface area (Å²) in [6.07, 6.45) is 1.21. The molecule has 0 spiro atoms. The van der Waals surface area contributed by atoms with Crippen molar-refractivity contribution >= 4 is 17.5 Å². The van der Waals surface area contributed by atoms with E-state index in [2.05, 4.69) is 10.3 Å². The Labute approximate surface area is 120 Å². The Bertz CT molecular complexity index is 600. The Morgan fingerprint density at radius 1 is 1.55 bits per heavy atom. The van der Waals surface area contributed by atoms with Crippen molar-refractivity contribution < 1.29 is 14.3 Å². The number of aromatic nitrogens is 1. The fraction of sp³-hybridized carbons (Fsp3) is 0.231. The van der Waals surface area contributed by atoms with E-state index in [9.17, 15) is 4.79 Å². The van der Waals surface area contributed by atoms with Crippen LogP contribution in [0.15, 0.2) is 34.9 Å². The average Bonchev–Trinajstić information content (AvgIpc) is 2.94. The summed E-state index contributed by atoms with van der Waals surface area (Å²) in [6.45, 7) is 0.0255. The maximum Gasteiger partial charge on any atom is 0.273 e. The molecular weight excluding hydrogens is 282 g/mol. The van der Waals surface area contributed by atoms with Crippen molar-refractivity contribution in [1.82, 2.24) is 10.3 Å². The predicted octanol–water partition coefficient (Wildman–Crippen LogP) is 1.25. The fourth-order valence-corrected chi connectivity index (χ4v) is 1.77. The van der Waals surface area contributed by atoms with Gasteiger partial charge in [0.05, 0.1) is 6.61 Å². The maximum absolute atomic E-state index is 11.9. The molecular formula is C13H14ClN3O3. The first-order valence-corrected chi connectivity index (χ1v) is 6.32.